The summed E-state index contributed by atoms with van der Waals surface area (Å²) in [4.78, 5) is 25.6. The van der Waals surface area contributed by atoms with Crippen molar-refractivity contribution in [1.82, 2.24) is 10.2 Å². The zero-order valence-corrected chi connectivity index (χ0v) is 12.8. The Kier molecular flexibility index (Phi) is 5.20. The van der Waals surface area contributed by atoms with Gasteiger partial charge in [-0.2, -0.15) is 0 Å². The summed E-state index contributed by atoms with van der Waals surface area (Å²) in [5.74, 6) is -0.659. The lowest BCUT2D eigenvalue weighted by atomic mass is 10.0. The minimum atomic E-state index is -0.493. The lowest BCUT2D eigenvalue weighted by Crippen LogP contribution is -2.49. The van der Waals surface area contributed by atoms with Crippen LogP contribution in [-0.2, 0) is 4.79 Å². The summed E-state index contributed by atoms with van der Waals surface area (Å²) < 4.78 is 0. The largest absolute Gasteiger partial charge is 0.368 e. The molecule has 0 unspecified atom stereocenters. The number of piperidine rings is 1. The molecule has 1 aromatic rings. The molecule has 0 bridgehead atoms. The van der Waals surface area contributed by atoms with Crippen LogP contribution < -0.4 is 11.1 Å². The number of primary amides is 1. The molecule has 0 aromatic heterocycles. The second-order valence-corrected chi connectivity index (χ2v) is 5.75. The molecular weight excluding hydrogens is 290 g/mol. The molecule has 1 aromatic carbocycles. The third-order valence-corrected chi connectivity index (χ3v) is 4.17. The van der Waals surface area contributed by atoms with Gasteiger partial charge < -0.3 is 16.0 Å². The minimum Gasteiger partial charge on any atom is -0.368 e. The molecule has 1 aliphatic heterocycles. The van der Waals surface area contributed by atoms with Crippen LogP contribution in [0.15, 0.2) is 18.2 Å². The van der Waals surface area contributed by atoms with Gasteiger partial charge in [0.25, 0.3) is 5.91 Å². The quantitative estimate of drug-likeness (QED) is 0.881. The number of hydrogen-bond donors (Lipinski definition) is 2. The summed E-state index contributed by atoms with van der Waals surface area (Å²) in [6, 6.07) is 5.18. The fraction of sp³-hybridized carbons (Fsp3) is 0.467. The van der Waals surface area contributed by atoms with Crippen molar-refractivity contribution in [3.63, 3.8) is 0 Å². The predicted octanol–water partition coefficient (Wildman–Crippen LogP) is 1.33. The van der Waals surface area contributed by atoms with Crippen molar-refractivity contribution < 1.29 is 9.59 Å². The van der Waals surface area contributed by atoms with Gasteiger partial charge in [0.1, 0.15) is 0 Å². The molecule has 6 heteroatoms. The molecule has 0 atom stereocenters. The van der Waals surface area contributed by atoms with Crippen LogP contribution in [0.5, 0.6) is 0 Å². The van der Waals surface area contributed by atoms with Crippen LogP contribution in [0.1, 0.15) is 28.8 Å². The predicted molar refractivity (Wildman–Crippen MR) is 82.3 cm³/mol. The standard InChI is InChI=1S/C15H20ClN3O2/c1-10-8-11(2-3-13(10)16)15(21)19(9-14(17)20)12-4-6-18-7-5-12/h2-3,8,12,18H,4-7,9H2,1H3,(H2,17,20). The highest BCUT2D eigenvalue weighted by Crippen LogP contribution is 2.20. The smallest absolute Gasteiger partial charge is 0.254 e. The molecular formula is C15H20ClN3O2. The van der Waals surface area contributed by atoms with Crippen molar-refractivity contribution in [3.05, 3.63) is 34.3 Å². The van der Waals surface area contributed by atoms with Gasteiger partial charge in [0.2, 0.25) is 5.91 Å². The number of nitrogens with zero attached hydrogens (tertiary/aromatic N) is 1. The van der Waals surface area contributed by atoms with Gasteiger partial charge in [-0.3, -0.25) is 9.59 Å². The van der Waals surface area contributed by atoms with E-state index in [0.29, 0.717) is 10.6 Å². The van der Waals surface area contributed by atoms with Gasteiger partial charge in [0.05, 0.1) is 6.54 Å². The first-order valence-electron chi connectivity index (χ1n) is 7.05. The van der Waals surface area contributed by atoms with Crippen LogP contribution in [0.2, 0.25) is 5.02 Å². The number of nitrogens with two attached hydrogens (primary N) is 1. The van der Waals surface area contributed by atoms with Crippen molar-refractivity contribution in [1.29, 1.82) is 0 Å². The lowest BCUT2D eigenvalue weighted by Gasteiger charge is -2.34. The topological polar surface area (TPSA) is 75.4 Å². The Morgan fingerprint density at radius 1 is 1.38 bits per heavy atom. The molecule has 21 heavy (non-hydrogen) atoms. The number of halogens is 1. The summed E-state index contributed by atoms with van der Waals surface area (Å²) >= 11 is 5.99. The van der Waals surface area contributed by atoms with E-state index < -0.39 is 5.91 Å². The highest BCUT2D eigenvalue weighted by molar-refractivity contribution is 6.31. The Labute approximate surface area is 129 Å². The number of nitrogens with one attached hydrogen (secondary N) is 1. The normalized spacial score (nSPS) is 15.7. The van der Waals surface area contributed by atoms with Crippen molar-refractivity contribution in [3.8, 4) is 0 Å². The van der Waals surface area contributed by atoms with E-state index in [2.05, 4.69) is 5.32 Å². The maximum atomic E-state index is 12.7. The summed E-state index contributed by atoms with van der Waals surface area (Å²) in [7, 11) is 0. The van der Waals surface area contributed by atoms with Gasteiger partial charge in [-0.1, -0.05) is 11.6 Å². The third kappa shape index (κ3) is 3.95. The van der Waals surface area contributed by atoms with E-state index in [1.807, 2.05) is 6.92 Å². The average molecular weight is 310 g/mol. The maximum absolute atomic E-state index is 12.7. The van der Waals surface area contributed by atoms with Crippen LogP contribution in [0.4, 0.5) is 0 Å². The van der Waals surface area contributed by atoms with Gasteiger partial charge >= 0.3 is 0 Å². The van der Waals surface area contributed by atoms with E-state index in [4.69, 9.17) is 17.3 Å². The zero-order chi connectivity index (χ0) is 15.4. The molecule has 1 fully saturated rings. The van der Waals surface area contributed by atoms with Crippen LogP contribution in [0.3, 0.4) is 0 Å². The number of amides is 2. The number of aryl methyl sites for hydroxylation is 1. The molecule has 114 valence electrons. The van der Waals surface area contributed by atoms with Crippen molar-refractivity contribution in [2.45, 2.75) is 25.8 Å². The fourth-order valence-electron chi connectivity index (χ4n) is 2.60. The van der Waals surface area contributed by atoms with Gasteiger partial charge in [-0.25, -0.2) is 0 Å². The Hall–Kier alpha value is -1.59. The molecule has 3 N–H and O–H groups in total. The van der Waals surface area contributed by atoms with Crippen molar-refractivity contribution >= 4 is 23.4 Å². The van der Waals surface area contributed by atoms with E-state index in [1.54, 1.807) is 23.1 Å². The molecule has 0 spiro atoms. The Morgan fingerprint density at radius 2 is 2.05 bits per heavy atom. The fourth-order valence-corrected chi connectivity index (χ4v) is 2.71. The first kappa shape index (κ1) is 15.8. The first-order chi connectivity index (χ1) is 9.99. The SMILES string of the molecule is Cc1cc(C(=O)N(CC(N)=O)C2CCNCC2)ccc1Cl. The molecule has 5 nitrogen and oxygen atoms in total. The Morgan fingerprint density at radius 3 is 2.62 bits per heavy atom. The molecule has 1 saturated heterocycles. The third-order valence-electron chi connectivity index (χ3n) is 3.74. The average Bonchev–Trinajstić information content (AvgIpc) is 2.47. The molecule has 2 rings (SSSR count). The van der Waals surface area contributed by atoms with Crippen LogP contribution >= 0.6 is 11.6 Å². The van der Waals surface area contributed by atoms with Gasteiger partial charge in [0, 0.05) is 16.6 Å². The van der Waals surface area contributed by atoms with E-state index in [9.17, 15) is 9.59 Å². The highest BCUT2D eigenvalue weighted by atomic mass is 35.5. The summed E-state index contributed by atoms with van der Waals surface area (Å²) in [5.41, 5.74) is 6.68. The van der Waals surface area contributed by atoms with E-state index in [1.165, 1.54) is 0 Å². The molecule has 1 aliphatic rings. The van der Waals surface area contributed by atoms with E-state index in [-0.39, 0.29) is 18.5 Å². The lowest BCUT2D eigenvalue weighted by molar-refractivity contribution is -0.119. The van der Waals surface area contributed by atoms with Crippen molar-refractivity contribution in [2.24, 2.45) is 5.73 Å². The second-order valence-electron chi connectivity index (χ2n) is 5.34. The maximum Gasteiger partial charge on any atom is 0.254 e. The zero-order valence-electron chi connectivity index (χ0n) is 12.1. The first-order valence-corrected chi connectivity index (χ1v) is 7.43. The van der Waals surface area contributed by atoms with E-state index in [0.717, 1.165) is 31.5 Å². The van der Waals surface area contributed by atoms with Crippen LogP contribution in [0.25, 0.3) is 0 Å². The molecule has 0 saturated carbocycles. The Bertz CT molecular complexity index is 542. The summed E-state index contributed by atoms with van der Waals surface area (Å²) in [6.45, 7) is 3.48. The number of hydrogen-bond acceptors (Lipinski definition) is 3. The van der Waals surface area contributed by atoms with Gasteiger partial charge in [-0.05, 0) is 56.6 Å². The minimum absolute atomic E-state index is 0.0437. The van der Waals surface area contributed by atoms with Crippen LogP contribution in [0, 0.1) is 6.92 Å². The highest BCUT2D eigenvalue weighted by Gasteiger charge is 2.27. The summed E-state index contributed by atoms with van der Waals surface area (Å²) in [5, 5.41) is 3.87. The van der Waals surface area contributed by atoms with Gasteiger partial charge in [-0.15, -0.1) is 0 Å². The molecule has 0 aliphatic carbocycles. The number of benzene rings is 1. The number of rotatable bonds is 4. The van der Waals surface area contributed by atoms with Crippen LogP contribution in [-0.4, -0.2) is 42.4 Å². The molecule has 0 radical (unpaired) electrons. The molecule has 1 heterocycles. The van der Waals surface area contributed by atoms with Gasteiger partial charge in [0.15, 0.2) is 0 Å². The van der Waals surface area contributed by atoms with Crippen molar-refractivity contribution in [2.75, 3.05) is 19.6 Å². The van der Waals surface area contributed by atoms with E-state index >= 15 is 0 Å². The molecule has 2 amide bonds. The number of carbonyl (C=O) groups is 2. The second kappa shape index (κ2) is 6.91. The number of carbonyl (C=O) groups excluding carboxylic acids is 2. The monoisotopic (exact) mass is 309 g/mol. The Balaban J connectivity index is 2.23. The summed E-state index contributed by atoms with van der Waals surface area (Å²) in [6.07, 6.45) is 1.65.